The molecule has 144 valence electrons. The van der Waals surface area contributed by atoms with Gasteiger partial charge < -0.3 is 15.3 Å². The Balaban J connectivity index is 0.000000186. The van der Waals surface area contributed by atoms with E-state index in [-0.39, 0.29) is 5.88 Å². The Labute approximate surface area is 161 Å². The molecule has 0 spiro atoms. The summed E-state index contributed by atoms with van der Waals surface area (Å²) >= 11 is 1.29. The number of hydrogen-bond donors (Lipinski definition) is 2. The Morgan fingerprint density at radius 2 is 1.81 bits per heavy atom. The number of anilines is 1. The van der Waals surface area contributed by atoms with Crippen LogP contribution in [0, 0.1) is 17.6 Å². The molecule has 7 heteroatoms. The lowest BCUT2D eigenvalue weighted by molar-refractivity contribution is 0.111. The highest BCUT2D eigenvalue weighted by atomic mass is 32.1. The van der Waals surface area contributed by atoms with Crippen LogP contribution < -0.4 is 5.32 Å². The molecule has 0 atom stereocenters. The Hall–Kier alpha value is -1.99. The van der Waals surface area contributed by atoms with Gasteiger partial charge in [-0.25, -0.2) is 13.8 Å². The van der Waals surface area contributed by atoms with E-state index in [2.05, 4.69) is 15.2 Å². The van der Waals surface area contributed by atoms with Crippen molar-refractivity contribution >= 4 is 17.2 Å². The maximum Gasteiger partial charge on any atom is 0.188 e. The molecular weight excluding hydrogens is 368 g/mol. The first-order chi connectivity index (χ1) is 13.1. The standard InChI is InChI=1S/C13H10F2N2OS.C7H13N/c14-9-4-3-8(5-10(9)15)11-12(16-6-19-11)17-13(18)7-1-2-7;1-4-8-5-2-7(1)3-6-8/h3-6,17-18H,1-2H2;7H,1-6H2. The number of thiazole rings is 1. The first-order valence-corrected chi connectivity index (χ1v) is 10.3. The van der Waals surface area contributed by atoms with Crippen molar-refractivity contribution in [3.63, 3.8) is 0 Å². The van der Waals surface area contributed by atoms with E-state index in [1.54, 1.807) is 5.51 Å². The topological polar surface area (TPSA) is 48.4 Å². The second-order valence-electron chi connectivity index (χ2n) is 7.31. The van der Waals surface area contributed by atoms with E-state index in [0.717, 1.165) is 36.5 Å². The highest BCUT2D eigenvalue weighted by Gasteiger charge is 2.24. The number of hydrogen-bond acceptors (Lipinski definition) is 5. The number of allylic oxidation sites excluding steroid dienone is 1. The summed E-state index contributed by atoms with van der Waals surface area (Å²) in [6, 6.07) is 3.68. The van der Waals surface area contributed by atoms with E-state index in [1.807, 2.05) is 0 Å². The fourth-order valence-electron chi connectivity index (χ4n) is 3.54. The molecule has 1 aromatic heterocycles. The van der Waals surface area contributed by atoms with Crippen LogP contribution >= 0.6 is 11.3 Å². The Morgan fingerprint density at radius 1 is 1.11 bits per heavy atom. The van der Waals surface area contributed by atoms with Crippen LogP contribution in [0.15, 0.2) is 35.2 Å². The molecule has 2 aromatic rings. The molecule has 4 aliphatic rings. The van der Waals surface area contributed by atoms with Crippen molar-refractivity contribution in [1.29, 1.82) is 0 Å². The third-order valence-corrected chi connectivity index (χ3v) is 6.26. The number of fused-ring (bicyclic) bond motifs is 3. The van der Waals surface area contributed by atoms with Crippen LogP contribution in [-0.4, -0.2) is 34.6 Å². The SMILES string of the molecule is C1CN2CCC1CC2.OC(Nc1ncsc1-c1ccc(F)c(F)c1)=C1CC1. The zero-order valence-corrected chi connectivity index (χ0v) is 15.9. The van der Waals surface area contributed by atoms with E-state index >= 15 is 0 Å². The van der Waals surface area contributed by atoms with Crippen molar-refractivity contribution in [3.8, 4) is 10.4 Å². The van der Waals surface area contributed by atoms with Gasteiger partial charge in [0.25, 0.3) is 0 Å². The third-order valence-electron chi connectivity index (χ3n) is 5.38. The summed E-state index contributed by atoms with van der Waals surface area (Å²) in [6.45, 7) is 4.18. The summed E-state index contributed by atoms with van der Waals surface area (Å²) in [7, 11) is 0. The number of piperidine rings is 3. The Morgan fingerprint density at radius 3 is 2.33 bits per heavy atom. The van der Waals surface area contributed by atoms with E-state index in [4.69, 9.17) is 0 Å². The zero-order chi connectivity index (χ0) is 18.8. The highest BCUT2D eigenvalue weighted by Crippen LogP contribution is 2.35. The molecule has 4 fully saturated rings. The number of aliphatic hydroxyl groups excluding tert-OH is 1. The molecule has 2 N–H and O–H groups in total. The van der Waals surface area contributed by atoms with Gasteiger partial charge in [0.15, 0.2) is 23.3 Å². The van der Waals surface area contributed by atoms with Crippen molar-refractivity contribution in [2.75, 3.05) is 25.0 Å². The number of aromatic nitrogens is 1. The zero-order valence-electron chi connectivity index (χ0n) is 15.0. The summed E-state index contributed by atoms with van der Waals surface area (Å²) in [5.41, 5.74) is 3.06. The minimum atomic E-state index is -0.901. The molecule has 27 heavy (non-hydrogen) atoms. The lowest BCUT2D eigenvalue weighted by Gasteiger charge is -2.38. The fourth-order valence-corrected chi connectivity index (χ4v) is 4.28. The van der Waals surface area contributed by atoms with Crippen LogP contribution in [0.25, 0.3) is 10.4 Å². The number of nitrogens with zero attached hydrogens (tertiary/aromatic N) is 2. The van der Waals surface area contributed by atoms with Gasteiger partial charge in [0.2, 0.25) is 0 Å². The average Bonchev–Trinajstić information content (AvgIpc) is 3.46. The van der Waals surface area contributed by atoms with E-state index in [0.29, 0.717) is 16.3 Å². The molecule has 1 saturated carbocycles. The second-order valence-corrected chi connectivity index (χ2v) is 8.16. The largest absolute Gasteiger partial charge is 0.495 e. The van der Waals surface area contributed by atoms with Crippen molar-refractivity contribution < 1.29 is 13.9 Å². The Bertz CT molecular complexity index is 814. The molecule has 4 nitrogen and oxygen atoms in total. The summed E-state index contributed by atoms with van der Waals surface area (Å²) in [5, 5.41) is 12.5. The first kappa shape index (κ1) is 18.4. The molecule has 0 radical (unpaired) electrons. The first-order valence-electron chi connectivity index (χ1n) is 9.39. The fraction of sp³-hybridized carbons (Fsp3) is 0.450. The van der Waals surface area contributed by atoms with Gasteiger partial charge in [-0.15, -0.1) is 11.3 Å². The van der Waals surface area contributed by atoms with Gasteiger partial charge in [0.1, 0.15) is 0 Å². The highest BCUT2D eigenvalue weighted by molar-refractivity contribution is 7.13. The van der Waals surface area contributed by atoms with Crippen LogP contribution in [0.3, 0.4) is 0 Å². The maximum absolute atomic E-state index is 13.2. The van der Waals surface area contributed by atoms with Crippen LogP contribution in [0.1, 0.15) is 32.1 Å². The van der Waals surface area contributed by atoms with E-state index in [9.17, 15) is 13.9 Å². The van der Waals surface area contributed by atoms with E-state index in [1.165, 1.54) is 56.3 Å². The molecule has 2 bridgehead atoms. The van der Waals surface area contributed by atoms with Gasteiger partial charge in [-0.1, -0.05) is 6.07 Å². The second kappa shape index (κ2) is 7.94. The maximum atomic E-state index is 13.2. The molecular formula is C20H23F2N3OS. The van der Waals surface area contributed by atoms with Gasteiger partial charge in [-0.3, -0.25) is 0 Å². The number of nitrogens with one attached hydrogen (secondary N) is 1. The number of benzene rings is 1. The van der Waals surface area contributed by atoms with Crippen molar-refractivity contribution in [3.05, 3.63) is 46.8 Å². The molecule has 0 amide bonds. The number of aliphatic hydroxyl groups is 1. The average molecular weight is 391 g/mol. The van der Waals surface area contributed by atoms with Gasteiger partial charge >= 0.3 is 0 Å². The molecule has 4 heterocycles. The lowest BCUT2D eigenvalue weighted by atomic mass is 9.89. The van der Waals surface area contributed by atoms with Crippen LogP contribution in [0.2, 0.25) is 0 Å². The van der Waals surface area contributed by atoms with Crippen LogP contribution in [-0.2, 0) is 0 Å². The molecule has 1 aromatic carbocycles. The minimum Gasteiger partial charge on any atom is -0.495 e. The summed E-state index contributed by atoms with van der Waals surface area (Å²) in [6.07, 6.45) is 6.22. The van der Waals surface area contributed by atoms with Crippen molar-refractivity contribution in [2.45, 2.75) is 32.1 Å². The molecule has 1 aliphatic carbocycles. The lowest BCUT2D eigenvalue weighted by Crippen LogP contribution is -2.41. The van der Waals surface area contributed by atoms with Gasteiger partial charge in [0.05, 0.1) is 10.4 Å². The molecule has 3 saturated heterocycles. The van der Waals surface area contributed by atoms with E-state index < -0.39 is 11.6 Å². The normalized spacial score (nSPS) is 22.8. The van der Waals surface area contributed by atoms with Crippen molar-refractivity contribution in [2.24, 2.45) is 5.92 Å². The number of rotatable bonds is 3. The monoisotopic (exact) mass is 391 g/mol. The smallest absolute Gasteiger partial charge is 0.188 e. The summed E-state index contributed by atoms with van der Waals surface area (Å²) < 4.78 is 26.1. The third kappa shape index (κ3) is 4.47. The summed E-state index contributed by atoms with van der Waals surface area (Å²) in [4.78, 5) is 7.33. The predicted octanol–water partition coefficient (Wildman–Crippen LogP) is 5.17. The molecule has 0 unspecified atom stereocenters. The van der Waals surface area contributed by atoms with Crippen molar-refractivity contribution in [1.82, 2.24) is 9.88 Å². The molecule has 3 aliphatic heterocycles. The van der Waals surface area contributed by atoms with Crippen LogP contribution in [0.4, 0.5) is 14.6 Å². The molecule has 6 rings (SSSR count). The summed E-state index contributed by atoms with van der Waals surface area (Å²) in [5.74, 6) is -0.116. The minimum absolute atomic E-state index is 0.106. The van der Waals surface area contributed by atoms with Crippen LogP contribution in [0.5, 0.6) is 0 Å². The quantitative estimate of drug-likeness (QED) is 0.709. The predicted molar refractivity (Wildman–Crippen MR) is 104 cm³/mol. The van der Waals surface area contributed by atoms with Gasteiger partial charge in [-0.2, -0.15) is 0 Å². The van der Waals surface area contributed by atoms with Gasteiger partial charge in [0, 0.05) is 0 Å². The Kier molecular flexibility index (Phi) is 5.41. The van der Waals surface area contributed by atoms with Gasteiger partial charge in [-0.05, 0) is 80.9 Å². The number of halogens is 2.